The van der Waals surface area contributed by atoms with Gasteiger partial charge >= 0.3 is 5.97 Å². The SMILES string of the molecule is CC(C)(C)Oc1c(F)cc(CCC(=O)O)cc1F. The minimum absolute atomic E-state index is 0.0823. The van der Waals surface area contributed by atoms with Crippen LogP contribution in [0.25, 0.3) is 0 Å². The summed E-state index contributed by atoms with van der Waals surface area (Å²) in [5, 5.41) is 8.51. The van der Waals surface area contributed by atoms with Crippen molar-refractivity contribution >= 4 is 5.97 Å². The molecule has 0 spiro atoms. The smallest absolute Gasteiger partial charge is 0.303 e. The number of rotatable bonds is 4. The van der Waals surface area contributed by atoms with Crippen molar-refractivity contribution in [1.82, 2.24) is 0 Å². The van der Waals surface area contributed by atoms with E-state index in [0.29, 0.717) is 5.56 Å². The van der Waals surface area contributed by atoms with Crippen LogP contribution in [0.5, 0.6) is 5.75 Å². The van der Waals surface area contributed by atoms with E-state index in [-0.39, 0.29) is 12.8 Å². The summed E-state index contributed by atoms with van der Waals surface area (Å²) in [6.07, 6.45) is -0.0860. The lowest BCUT2D eigenvalue weighted by molar-refractivity contribution is -0.136. The highest BCUT2D eigenvalue weighted by Gasteiger charge is 2.19. The number of hydrogen-bond acceptors (Lipinski definition) is 2. The van der Waals surface area contributed by atoms with E-state index in [1.807, 2.05) is 0 Å². The number of benzene rings is 1. The van der Waals surface area contributed by atoms with Gasteiger partial charge in [0.15, 0.2) is 17.4 Å². The molecule has 1 rings (SSSR count). The maximum absolute atomic E-state index is 13.7. The molecule has 1 aromatic rings. The first-order valence-corrected chi connectivity index (χ1v) is 5.58. The van der Waals surface area contributed by atoms with Crippen molar-refractivity contribution in [2.24, 2.45) is 0 Å². The third-order valence-electron chi connectivity index (χ3n) is 2.09. The van der Waals surface area contributed by atoms with Gasteiger partial charge in [-0.3, -0.25) is 4.79 Å². The Hall–Kier alpha value is -1.65. The van der Waals surface area contributed by atoms with Crippen LogP contribution < -0.4 is 4.74 Å². The van der Waals surface area contributed by atoms with E-state index in [4.69, 9.17) is 9.84 Å². The summed E-state index contributed by atoms with van der Waals surface area (Å²) in [6, 6.07) is 2.21. The Kier molecular flexibility index (Phi) is 4.27. The minimum atomic E-state index is -1.01. The molecule has 0 amide bonds. The van der Waals surface area contributed by atoms with Gasteiger partial charge in [0.2, 0.25) is 0 Å². The molecule has 0 saturated carbocycles. The lowest BCUT2D eigenvalue weighted by atomic mass is 10.1. The van der Waals surface area contributed by atoms with Gasteiger partial charge in [0.05, 0.1) is 0 Å². The second-order valence-electron chi connectivity index (χ2n) is 5.00. The molecule has 0 fully saturated rings. The van der Waals surface area contributed by atoms with Gasteiger partial charge in [0, 0.05) is 6.42 Å². The van der Waals surface area contributed by atoms with Crippen LogP contribution >= 0.6 is 0 Å². The molecule has 1 aromatic carbocycles. The Balaban J connectivity index is 2.94. The number of aryl methyl sites for hydroxylation is 1. The summed E-state index contributed by atoms with van der Waals surface area (Å²) < 4.78 is 32.5. The zero-order valence-corrected chi connectivity index (χ0v) is 10.6. The van der Waals surface area contributed by atoms with Crippen LogP contribution in [0.1, 0.15) is 32.8 Å². The molecular weight excluding hydrogens is 242 g/mol. The topological polar surface area (TPSA) is 46.5 Å². The van der Waals surface area contributed by atoms with Crippen LogP contribution in [0.4, 0.5) is 8.78 Å². The van der Waals surface area contributed by atoms with E-state index < -0.39 is 29.0 Å². The fourth-order valence-electron chi connectivity index (χ4n) is 1.41. The Labute approximate surface area is 104 Å². The molecule has 18 heavy (non-hydrogen) atoms. The maximum atomic E-state index is 13.7. The van der Waals surface area contributed by atoms with Crippen LogP contribution in [0.3, 0.4) is 0 Å². The Morgan fingerprint density at radius 2 is 1.78 bits per heavy atom. The summed E-state index contributed by atoms with van der Waals surface area (Å²) >= 11 is 0. The maximum Gasteiger partial charge on any atom is 0.303 e. The molecule has 0 bridgehead atoms. The van der Waals surface area contributed by atoms with Crippen molar-refractivity contribution in [3.8, 4) is 5.75 Å². The third-order valence-corrected chi connectivity index (χ3v) is 2.09. The molecule has 0 unspecified atom stereocenters. The molecule has 0 saturated heterocycles. The first-order valence-electron chi connectivity index (χ1n) is 5.58. The van der Waals surface area contributed by atoms with E-state index >= 15 is 0 Å². The van der Waals surface area contributed by atoms with Crippen molar-refractivity contribution in [3.05, 3.63) is 29.3 Å². The van der Waals surface area contributed by atoms with Crippen molar-refractivity contribution in [1.29, 1.82) is 0 Å². The van der Waals surface area contributed by atoms with E-state index in [9.17, 15) is 13.6 Å². The largest absolute Gasteiger partial charge is 0.482 e. The van der Waals surface area contributed by atoms with E-state index in [2.05, 4.69) is 0 Å². The predicted molar refractivity (Wildman–Crippen MR) is 62.7 cm³/mol. The van der Waals surface area contributed by atoms with Crippen LogP contribution in [0.15, 0.2) is 12.1 Å². The average molecular weight is 258 g/mol. The molecular formula is C13H16F2O3. The van der Waals surface area contributed by atoms with Crippen molar-refractivity contribution < 1.29 is 23.4 Å². The highest BCUT2D eigenvalue weighted by atomic mass is 19.1. The number of carbonyl (C=O) groups is 1. The third kappa shape index (κ3) is 4.31. The summed E-state index contributed by atoms with van der Waals surface area (Å²) in [7, 11) is 0. The van der Waals surface area contributed by atoms with Gasteiger partial charge in [-0.25, -0.2) is 8.78 Å². The molecule has 0 heterocycles. The van der Waals surface area contributed by atoms with Crippen LogP contribution in [-0.2, 0) is 11.2 Å². The van der Waals surface area contributed by atoms with Crippen molar-refractivity contribution in [3.63, 3.8) is 0 Å². The van der Waals surface area contributed by atoms with Gasteiger partial charge < -0.3 is 9.84 Å². The first kappa shape index (κ1) is 14.4. The number of hydrogen-bond donors (Lipinski definition) is 1. The number of carboxylic acids is 1. The molecule has 0 aliphatic rings. The lowest BCUT2D eigenvalue weighted by Gasteiger charge is -2.22. The van der Waals surface area contributed by atoms with Crippen molar-refractivity contribution in [2.45, 2.75) is 39.2 Å². The van der Waals surface area contributed by atoms with Gasteiger partial charge in [0.25, 0.3) is 0 Å². The standard InChI is InChI=1S/C13H16F2O3/c1-13(2,3)18-12-9(14)6-8(7-10(12)15)4-5-11(16)17/h6-7H,4-5H2,1-3H3,(H,16,17). The number of aliphatic carboxylic acids is 1. The summed E-state index contributed by atoms with van der Waals surface area (Å²) in [4.78, 5) is 10.4. The molecule has 0 aromatic heterocycles. The lowest BCUT2D eigenvalue weighted by Crippen LogP contribution is -2.24. The molecule has 0 aliphatic carbocycles. The van der Waals surface area contributed by atoms with Gasteiger partial charge in [-0.2, -0.15) is 0 Å². The van der Waals surface area contributed by atoms with Gasteiger partial charge in [-0.15, -0.1) is 0 Å². The highest BCUT2D eigenvalue weighted by Crippen LogP contribution is 2.27. The Morgan fingerprint density at radius 1 is 1.28 bits per heavy atom. The Bertz CT molecular complexity index is 427. The van der Waals surface area contributed by atoms with Crippen LogP contribution in [-0.4, -0.2) is 16.7 Å². The molecule has 0 atom stereocenters. The van der Waals surface area contributed by atoms with Gasteiger partial charge in [0.1, 0.15) is 5.60 Å². The molecule has 3 nitrogen and oxygen atoms in total. The molecule has 100 valence electrons. The van der Waals surface area contributed by atoms with E-state index in [1.54, 1.807) is 20.8 Å². The fourth-order valence-corrected chi connectivity index (χ4v) is 1.41. The zero-order valence-electron chi connectivity index (χ0n) is 10.6. The summed E-state index contributed by atoms with van der Waals surface area (Å²) in [5.41, 5.74) is -0.404. The van der Waals surface area contributed by atoms with E-state index in [0.717, 1.165) is 12.1 Å². The monoisotopic (exact) mass is 258 g/mol. The fraction of sp³-hybridized carbons (Fsp3) is 0.462. The number of carboxylic acid groups (broad SMARTS) is 1. The zero-order chi connectivity index (χ0) is 13.9. The van der Waals surface area contributed by atoms with Crippen molar-refractivity contribution in [2.75, 3.05) is 0 Å². The van der Waals surface area contributed by atoms with E-state index in [1.165, 1.54) is 0 Å². The highest BCUT2D eigenvalue weighted by molar-refractivity contribution is 5.67. The second kappa shape index (κ2) is 5.33. The summed E-state index contributed by atoms with van der Waals surface area (Å²) in [6.45, 7) is 5.05. The first-order chi connectivity index (χ1) is 8.19. The second-order valence-corrected chi connectivity index (χ2v) is 5.00. The molecule has 5 heteroatoms. The van der Waals surface area contributed by atoms with Crippen LogP contribution in [0, 0.1) is 11.6 Å². The normalized spacial score (nSPS) is 11.4. The number of halogens is 2. The quantitative estimate of drug-likeness (QED) is 0.902. The minimum Gasteiger partial charge on any atom is -0.482 e. The number of ether oxygens (including phenoxy) is 1. The molecule has 0 aliphatic heterocycles. The molecule has 0 radical (unpaired) electrons. The Morgan fingerprint density at radius 3 is 2.17 bits per heavy atom. The van der Waals surface area contributed by atoms with Gasteiger partial charge in [-0.05, 0) is 44.9 Å². The molecule has 1 N–H and O–H groups in total. The average Bonchev–Trinajstić information content (AvgIpc) is 2.19. The van der Waals surface area contributed by atoms with Gasteiger partial charge in [-0.1, -0.05) is 0 Å². The predicted octanol–water partition coefficient (Wildman–Crippen LogP) is 3.16. The summed E-state index contributed by atoms with van der Waals surface area (Å²) in [5.74, 6) is -3.07. The van der Waals surface area contributed by atoms with Crippen LogP contribution in [0.2, 0.25) is 0 Å².